The number of alkyl halides is 3. The van der Waals surface area contributed by atoms with Crippen molar-refractivity contribution >= 4 is 22.7 Å². The van der Waals surface area contributed by atoms with Crippen molar-refractivity contribution in [1.82, 2.24) is 29.6 Å². The van der Waals surface area contributed by atoms with Crippen LogP contribution in [0.1, 0.15) is 37.8 Å². The first-order valence-corrected chi connectivity index (χ1v) is 13.2. The lowest BCUT2D eigenvalue weighted by atomic mass is 9.79. The lowest BCUT2D eigenvalue weighted by Crippen LogP contribution is -2.38. The Hall–Kier alpha value is -4.44. The topological polar surface area (TPSA) is 123 Å². The molecular weight excluding hydrogens is 537 g/mol. The minimum atomic E-state index is -4.68. The van der Waals surface area contributed by atoms with Crippen LogP contribution in [0.3, 0.4) is 0 Å². The second kappa shape index (κ2) is 9.88. The maximum atomic E-state index is 13.6. The third kappa shape index (κ3) is 5.22. The minimum Gasteiger partial charge on any atom is -0.474 e. The van der Waals surface area contributed by atoms with Crippen molar-refractivity contribution in [2.75, 3.05) is 11.9 Å². The molecule has 0 saturated heterocycles. The second-order valence-electron chi connectivity index (χ2n) is 11.1. The van der Waals surface area contributed by atoms with Crippen LogP contribution in [0.25, 0.3) is 16.9 Å². The molecule has 0 radical (unpaired) electrons. The van der Waals surface area contributed by atoms with Gasteiger partial charge in [-0.1, -0.05) is 26.0 Å². The van der Waals surface area contributed by atoms with E-state index in [1.807, 2.05) is 18.2 Å². The number of halogens is 3. The van der Waals surface area contributed by atoms with Gasteiger partial charge < -0.3 is 15.4 Å². The van der Waals surface area contributed by atoms with E-state index in [0.717, 1.165) is 16.8 Å². The molecule has 1 aromatic carbocycles. The number of ether oxygens (including phenoxy) is 1. The molecular formula is C28H27F3N8O2. The Bertz CT molecular complexity index is 1730. The molecule has 1 saturated carbocycles. The average molecular weight is 565 g/mol. The smallest absolute Gasteiger partial charge is 0.408 e. The van der Waals surface area contributed by atoms with Crippen LogP contribution in [0.4, 0.5) is 24.8 Å². The Labute approximate surface area is 232 Å². The molecule has 41 heavy (non-hydrogen) atoms. The highest BCUT2D eigenvalue weighted by molar-refractivity contribution is 5.77. The molecule has 13 heteroatoms. The third-order valence-corrected chi connectivity index (χ3v) is 7.47. The molecule has 0 spiro atoms. The molecule has 6 rings (SSSR count). The van der Waals surface area contributed by atoms with Crippen LogP contribution >= 0.6 is 0 Å². The molecule has 1 aliphatic carbocycles. The van der Waals surface area contributed by atoms with Gasteiger partial charge in [0, 0.05) is 49.3 Å². The summed E-state index contributed by atoms with van der Waals surface area (Å²) < 4.78 is 48.2. The van der Waals surface area contributed by atoms with Crippen molar-refractivity contribution in [3.63, 3.8) is 0 Å². The van der Waals surface area contributed by atoms with Crippen LogP contribution in [0, 0.1) is 17.2 Å². The monoisotopic (exact) mass is 564 g/mol. The number of benzene rings is 1. The maximum Gasteiger partial charge on any atom is 0.408 e. The fourth-order valence-corrected chi connectivity index (χ4v) is 5.37. The number of nitrogens with zero attached hydrogens (tertiary/aromatic N) is 6. The van der Waals surface area contributed by atoms with Gasteiger partial charge >= 0.3 is 6.18 Å². The first kappa shape index (κ1) is 26.8. The van der Waals surface area contributed by atoms with E-state index in [2.05, 4.69) is 45.5 Å². The highest BCUT2D eigenvalue weighted by Gasteiger charge is 2.33. The van der Waals surface area contributed by atoms with Gasteiger partial charge in [-0.05, 0) is 29.3 Å². The Morgan fingerprint density at radius 1 is 1.22 bits per heavy atom. The molecule has 1 fully saturated rings. The van der Waals surface area contributed by atoms with E-state index in [-0.39, 0.29) is 46.1 Å². The van der Waals surface area contributed by atoms with E-state index in [9.17, 15) is 18.0 Å². The molecule has 4 heterocycles. The van der Waals surface area contributed by atoms with Gasteiger partial charge in [0.05, 0.1) is 12.0 Å². The van der Waals surface area contributed by atoms with Gasteiger partial charge in [-0.2, -0.15) is 28.4 Å². The third-order valence-electron chi connectivity index (χ3n) is 7.47. The van der Waals surface area contributed by atoms with Crippen LogP contribution in [-0.2, 0) is 18.5 Å². The number of nitrogens with one attached hydrogen (secondary N) is 2. The van der Waals surface area contributed by atoms with Crippen molar-refractivity contribution in [1.29, 1.82) is 5.26 Å². The first-order chi connectivity index (χ1) is 19.5. The summed E-state index contributed by atoms with van der Waals surface area (Å²) in [5.74, 6) is 0.230. The maximum absolute atomic E-state index is 13.6. The summed E-state index contributed by atoms with van der Waals surface area (Å²) in [5.41, 5.74) is 2.10. The Morgan fingerprint density at radius 3 is 2.78 bits per heavy atom. The van der Waals surface area contributed by atoms with Crippen molar-refractivity contribution in [2.45, 2.75) is 57.5 Å². The summed E-state index contributed by atoms with van der Waals surface area (Å²) in [4.78, 5) is 26.2. The second-order valence-corrected chi connectivity index (χ2v) is 11.1. The molecule has 0 atom stereocenters. The lowest BCUT2D eigenvalue weighted by Gasteiger charge is -2.33. The van der Waals surface area contributed by atoms with E-state index in [1.54, 1.807) is 12.1 Å². The van der Waals surface area contributed by atoms with E-state index < -0.39 is 18.3 Å². The predicted molar refractivity (Wildman–Crippen MR) is 144 cm³/mol. The fraction of sp³-hybridized carbons (Fsp3) is 0.393. The minimum absolute atomic E-state index is 0.0275. The van der Waals surface area contributed by atoms with Crippen LogP contribution in [-0.4, -0.2) is 43.1 Å². The molecule has 0 bridgehead atoms. The fourth-order valence-electron chi connectivity index (χ4n) is 5.37. The first-order valence-electron chi connectivity index (χ1n) is 13.2. The molecule has 1 aliphatic heterocycles. The van der Waals surface area contributed by atoms with Crippen LogP contribution in [0.2, 0.25) is 0 Å². The van der Waals surface area contributed by atoms with Crippen LogP contribution < -0.4 is 20.9 Å². The number of hydrogen-bond donors (Lipinski definition) is 2. The molecule has 0 amide bonds. The zero-order valence-electron chi connectivity index (χ0n) is 22.4. The van der Waals surface area contributed by atoms with E-state index >= 15 is 0 Å². The van der Waals surface area contributed by atoms with Crippen molar-refractivity contribution < 1.29 is 17.9 Å². The standard InChI is InChI=1S/C28H27F3N8O2/c1-27(2)14-33-12-17-10-18(6-7-21(17)27)35-26-34-13-20-24(37-26)39(38(25(20)40)15-28(29,30)31)22-4-3-5-23(36-22)41-19-8-16(9-19)11-32/h3-7,10,13,16,19,33H,8-9,12,14-15H2,1-2H3,(H,34,35,37). The Balaban J connectivity index is 1.39. The largest absolute Gasteiger partial charge is 0.474 e. The predicted octanol–water partition coefficient (Wildman–Crippen LogP) is 4.34. The molecule has 2 N–H and O–H groups in total. The summed E-state index contributed by atoms with van der Waals surface area (Å²) in [7, 11) is 0. The van der Waals surface area contributed by atoms with Crippen molar-refractivity contribution in [3.8, 4) is 17.8 Å². The zero-order valence-corrected chi connectivity index (χ0v) is 22.4. The average Bonchev–Trinajstić information content (AvgIpc) is 3.15. The Morgan fingerprint density at radius 2 is 2.02 bits per heavy atom. The molecule has 4 aromatic rings. The number of rotatable bonds is 6. The van der Waals surface area contributed by atoms with Crippen LogP contribution in [0.15, 0.2) is 47.4 Å². The Kier molecular flexibility index (Phi) is 6.45. The molecule has 0 unspecified atom stereocenters. The van der Waals surface area contributed by atoms with Gasteiger partial charge in [0.15, 0.2) is 11.5 Å². The number of nitriles is 1. The van der Waals surface area contributed by atoms with Crippen LogP contribution in [0.5, 0.6) is 5.88 Å². The summed E-state index contributed by atoms with van der Waals surface area (Å²) in [6.45, 7) is 4.35. The molecule has 212 valence electrons. The van der Waals surface area contributed by atoms with Crippen molar-refractivity contribution in [2.24, 2.45) is 5.92 Å². The van der Waals surface area contributed by atoms with Gasteiger partial charge in [-0.3, -0.25) is 4.79 Å². The number of fused-ring (bicyclic) bond motifs is 2. The number of hydrogen-bond acceptors (Lipinski definition) is 8. The van der Waals surface area contributed by atoms with E-state index in [1.165, 1.54) is 17.8 Å². The van der Waals surface area contributed by atoms with Gasteiger partial charge in [0.25, 0.3) is 5.56 Å². The summed E-state index contributed by atoms with van der Waals surface area (Å²) in [6, 6.07) is 12.7. The van der Waals surface area contributed by atoms with E-state index in [0.29, 0.717) is 29.8 Å². The van der Waals surface area contributed by atoms with Gasteiger partial charge in [-0.15, -0.1) is 0 Å². The molecule has 3 aromatic heterocycles. The normalized spacial score (nSPS) is 19.7. The summed E-state index contributed by atoms with van der Waals surface area (Å²) in [5, 5.41) is 15.5. The number of aromatic nitrogens is 5. The van der Waals surface area contributed by atoms with Gasteiger partial charge in [-0.25, -0.2) is 14.3 Å². The quantitative estimate of drug-likeness (QED) is 0.355. The molecule has 10 nitrogen and oxygen atoms in total. The van der Waals surface area contributed by atoms with Crippen molar-refractivity contribution in [3.05, 3.63) is 64.1 Å². The number of pyridine rings is 1. The van der Waals surface area contributed by atoms with E-state index in [4.69, 9.17) is 10.00 Å². The highest BCUT2D eigenvalue weighted by Crippen LogP contribution is 2.33. The summed E-state index contributed by atoms with van der Waals surface area (Å²) >= 11 is 0. The SMILES string of the molecule is CC1(C)CNCc2cc(Nc3ncc4c(=O)n(CC(F)(F)F)n(-c5cccc(OC6CC(C#N)C6)n5)c4n3)ccc21. The van der Waals surface area contributed by atoms with Gasteiger partial charge in [0.2, 0.25) is 11.8 Å². The van der Waals surface area contributed by atoms with Gasteiger partial charge in [0.1, 0.15) is 18.0 Å². The lowest BCUT2D eigenvalue weighted by molar-refractivity contribution is -0.144. The summed E-state index contributed by atoms with van der Waals surface area (Å²) in [6.07, 6.45) is -2.58. The molecule has 2 aliphatic rings. The number of anilines is 2. The zero-order chi connectivity index (χ0) is 28.9. The highest BCUT2D eigenvalue weighted by atomic mass is 19.4.